The maximum Gasteiger partial charge on any atom is 0.118 e. The normalized spacial score (nSPS) is 11.3. The van der Waals surface area contributed by atoms with Crippen LogP contribution in [-0.4, -0.2) is 7.11 Å². The molecule has 0 bridgehead atoms. The molecular formula is C35H31NO. The van der Waals surface area contributed by atoms with E-state index in [1.807, 2.05) is 12.1 Å². The fraction of sp³-hybridized carbons (Fsp3) is 0.0857. The highest BCUT2D eigenvalue weighted by Gasteiger charge is 2.13. The summed E-state index contributed by atoms with van der Waals surface area (Å²) in [6.07, 6.45) is 2.25. The van der Waals surface area contributed by atoms with Crippen LogP contribution < -0.4 is 9.64 Å². The third-order valence-corrected chi connectivity index (χ3v) is 6.53. The zero-order valence-corrected chi connectivity index (χ0v) is 21.6. The highest BCUT2D eigenvalue weighted by Crippen LogP contribution is 2.35. The van der Waals surface area contributed by atoms with Gasteiger partial charge in [-0.3, -0.25) is 0 Å². The van der Waals surface area contributed by atoms with Gasteiger partial charge in [-0.1, -0.05) is 90.0 Å². The Hall–Kier alpha value is -4.56. The van der Waals surface area contributed by atoms with Gasteiger partial charge in [-0.25, -0.2) is 0 Å². The van der Waals surface area contributed by atoms with Gasteiger partial charge in [0.1, 0.15) is 5.75 Å². The first-order valence-electron chi connectivity index (χ1n) is 12.6. The summed E-state index contributed by atoms with van der Waals surface area (Å²) < 4.78 is 5.37. The summed E-state index contributed by atoms with van der Waals surface area (Å²) in [5.74, 6) is 0.854. The molecule has 0 saturated heterocycles. The number of ether oxygens (including phenoxy) is 1. The Kier molecular flexibility index (Phi) is 7.19. The van der Waals surface area contributed by atoms with E-state index in [0.717, 1.165) is 33.9 Å². The van der Waals surface area contributed by atoms with E-state index in [1.165, 1.54) is 22.3 Å². The summed E-state index contributed by atoms with van der Waals surface area (Å²) in [6.45, 7) is 4.24. The number of rotatable bonds is 7. The van der Waals surface area contributed by atoms with E-state index in [1.54, 1.807) is 7.11 Å². The molecule has 0 atom stereocenters. The van der Waals surface area contributed by atoms with Crippen LogP contribution in [0.3, 0.4) is 0 Å². The molecule has 0 radical (unpaired) electrons. The molecule has 5 rings (SSSR count). The Morgan fingerprint density at radius 2 is 1.00 bits per heavy atom. The summed E-state index contributed by atoms with van der Waals surface area (Å²) >= 11 is 0. The lowest BCUT2D eigenvalue weighted by molar-refractivity contribution is 0.415. The maximum atomic E-state index is 5.37. The fourth-order valence-electron chi connectivity index (χ4n) is 4.44. The highest BCUT2D eigenvalue weighted by molar-refractivity contribution is 5.92. The number of anilines is 3. The molecule has 2 nitrogen and oxygen atoms in total. The molecule has 2 heteroatoms. The summed E-state index contributed by atoms with van der Waals surface area (Å²) in [4.78, 5) is 2.30. The molecule has 5 aromatic carbocycles. The predicted octanol–water partition coefficient (Wildman–Crippen LogP) is 9.37. The number of hydrogen-bond acceptors (Lipinski definition) is 2. The van der Waals surface area contributed by atoms with Crippen LogP contribution in [0.4, 0.5) is 17.1 Å². The summed E-state index contributed by atoms with van der Waals surface area (Å²) in [6, 6.07) is 44.9. The van der Waals surface area contributed by atoms with Crippen LogP contribution in [0.2, 0.25) is 0 Å². The van der Waals surface area contributed by atoms with Gasteiger partial charge in [0.15, 0.2) is 0 Å². The first-order chi connectivity index (χ1) is 18.1. The van der Waals surface area contributed by atoms with Crippen molar-refractivity contribution in [1.82, 2.24) is 0 Å². The average Bonchev–Trinajstić information content (AvgIpc) is 2.95. The van der Waals surface area contributed by atoms with Gasteiger partial charge in [0.25, 0.3) is 0 Å². The van der Waals surface area contributed by atoms with Crippen molar-refractivity contribution < 1.29 is 4.74 Å². The lowest BCUT2D eigenvalue weighted by Gasteiger charge is -2.26. The minimum absolute atomic E-state index is 0.854. The number of benzene rings is 5. The Bertz CT molecular complexity index is 1420. The van der Waals surface area contributed by atoms with Gasteiger partial charge in [-0.15, -0.1) is 0 Å². The molecule has 182 valence electrons. The summed E-state index contributed by atoms with van der Waals surface area (Å²) in [5.41, 5.74) is 10.5. The second-order valence-electron chi connectivity index (χ2n) is 9.25. The van der Waals surface area contributed by atoms with Crippen LogP contribution in [0.5, 0.6) is 5.75 Å². The predicted molar refractivity (Wildman–Crippen MR) is 157 cm³/mol. The second kappa shape index (κ2) is 11.0. The van der Waals surface area contributed by atoms with E-state index in [9.17, 15) is 0 Å². The lowest BCUT2D eigenvalue weighted by Crippen LogP contribution is -2.09. The number of methoxy groups -OCH3 is 1. The lowest BCUT2D eigenvalue weighted by atomic mass is 9.95. The van der Waals surface area contributed by atoms with Crippen molar-refractivity contribution in [2.75, 3.05) is 12.0 Å². The van der Waals surface area contributed by atoms with Gasteiger partial charge in [0.05, 0.1) is 7.11 Å². The Balaban J connectivity index is 1.54. The van der Waals surface area contributed by atoms with Crippen molar-refractivity contribution in [3.05, 3.63) is 155 Å². The molecular weight excluding hydrogens is 450 g/mol. The van der Waals surface area contributed by atoms with Crippen LogP contribution in [0.15, 0.2) is 127 Å². The van der Waals surface area contributed by atoms with E-state index < -0.39 is 0 Å². The monoisotopic (exact) mass is 481 g/mol. The molecule has 0 saturated carbocycles. The quantitative estimate of drug-likeness (QED) is 0.215. The Morgan fingerprint density at radius 1 is 0.541 bits per heavy atom. The van der Waals surface area contributed by atoms with Crippen LogP contribution >= 0.6 is 0 Å². The first kappa shape index (κ1) is 24.1. The third-order valence-electron chi connectivity index (χ3n) is 6.53. The largest absolute Gasteiger partial charge is 0.497 e. The van der Waals surface area contributed by atoms with E-state index >= 15 is 0 Å². The van der Waals surface area contributed by atoms with Gasteiger partial charge in [-0.2, -0.15) is 0 Å². The van der Waals surface area contributed by atoms with Crippen molar-refractivity contribution in [2.45, 2.75) is 13.8 Å². The average molecular weight is 482 g/mol. The molecule has 0 heterocycles. The van der Waals surface area contributed by atoms with Gasteiger partial charge in [-0.05, 0) is 90.7 Å². The van der Waals surface area contributed by atoms with Crippen molar-refractivity contribution >= 4 is 28.7 Å². The Labute approximate surface area is 220 Å². The van der Waals surface area contributed by atoms with Crippen LogP contribution in [0.1, 0.15) is 27.8 Å². The SMILES string of the molecule is COc1ccc(C(=Cc2ccc(N(c3ccc(C)cc3)c3ccc(C)cc3)cc2)c2ccccc2)cc1. The van der Waals surface area contributed by atoms with E-state index in [4.69, 9.17) is 4.74 Å². The minimum atomic E-state index is 0.854. The maximum absolute atomic E-state index is 5.37. The summed E-state index contributed by atoms with van der Waals surface area (Å²) in [7, 11) is 1.70. The molecule has 0 spiro atoms. The van der Waals surface area contributed by atoms with Crippen molar-refractivity contribution in [1.29, 1.82) is 0 Å². The molecule has 0 aliphatic carbocycles. The highest BCUT2D eigenvalue weighted by atomic mass is 16.5. The van der Waals surface area contributed by atoms with Gasteiger partial charge >= 0.3 is 0 Å². The number of hydrogen-bond donors (Lipinski definition) is 0. The minimum Gasteiger partial charge on any atom is -0.497 e. The molecule has 5 aromatic rings. The number of nitrogens with zero attached hydrogens (tertiary/aromatic N) is 1. The third kappa shape index (κ3) is 5.65. The van der Waals surface area contributed by atoms with E-state index in [-0.39, 0.29) is 0 Å². The smallest absolute Gasteiger partial charge is 0.118 e. The van der Waals surface area contributed by atoms with Crippen molar-refractivity contribution in [3.8, 4) is 5.75 Å². The molecule has 0 aliphatic heterocycles. The van der Waals surface area contributed by atoms with Gasteiger partial charge < -0.3 is 9.64 Å². The van der Waals surface area contributed by atoms with Crippen molar-refractivity contribution in [2.24, 2.45) is 0 Å². The summed E-state index contributed by atoms with van der Waals surface area (Å²) in [5, 5.41) is 0. The first-order valence-corrected chi connectivity index (χ1v) is 12.6. The fourth-order valence-corrected chi connectivity index (χ4v) is 4.44. The molecule has 0 amide bonds. The zero-order chi connectivity index (χ0) is 25.6. The zero-order valence-electron chi connectivity index (χ0n) is 21.6. The molecule has 0 aromatic heterocycles. The van der Waals surface area contributed by atoms with E-state index in [2.05, 4.69) is 140 Å². The molecule has 0 aliphatic rings. The van der Waals surface area contributed by atoms with Crippen LogP contribution in [-0.2, 0) is 0 Å². The molecule has 37 heavy (non-hydrogen) atoms. The second-order valence-corrected chi connectivity index (χ2v) is 9.25. The Morgan fingerprint density at radius 3 is 1.49 bits per heavy atom. The van der Waals surface area contributed by atoms with Crippen molar-refractivity contribution in [3.63, 3.8) is 0 Å². The molecule has 0 fully saturated rings. The van der Waals surface area contributed by atoms with Gasteiger partial charge in [0, 0.05) is 17.1 Å². The topological polar surface area (TPSA) is 12.5 Å². The molecule has 0 N–H and O–H groups in total. The van der Waals surface area contributed by atoms with E-state index in [0.29, 0.717) is 0 Å². The standard InChI is InChI=1S/C35H31NO/c1-26-9-17-31(18-10-26)36(32-19-11-27(2)12-20-32)33-21-13-28(14-22-33)25-35(29-7-5-4-6-8-29)30-15-23-34(37-3)24-16-30/h4-25H,1-3H3. The van der Waals surface area contributed by atoms with Crippen LogP contribution in [0, 0.1) is 13.8 Å². The van der Waals surface area contributed by atoms with Gasteiger partial charge in [0.2, 0.25) is 0 Å². The van der Waals surface area contributed by atoms with Crippen LogP contribution in [0.25, 0.3) is 11.6 Å². The number of aryl methyl sites for hydroxylation is 2. The molecule has 0 unspecified atom stereocenters.